The van der Waals surface area contributed by atoms with Crippen LogP contribution in [0.3, 0.4) is 0 Å². The van der Waals surface area contributed by atoms with Crippen LogP contribution in [0.15, 0.2) is 134 Å². The zero-order chi connectivity index (χ0) is 57.1. The number of hydrogen-bond donors (Lipinski definition) is 0. The summed E-state index contributed by atoms with van der Waals surface area (Å²) in [4.78, 5) is 38.3. The van der Waals surface area contributed by atoms with E-state index in [1.807, 2.05) is 0 Å². The Bertz CT molecular complexity index is 1680. The van der Waals surface area contributed by atoms with Gasteiger partial charge in [0.2, 0.25) is 0 Å². The van der Waals surface area contributed by atoms with Crippen LogP contribution in [0.25, 0.3) is 0 Å². The number of hydrogen-bond acceptors (Lipinski definition) is 6. The molecule has 448 valence electrons. The lowest BCUT2D eigenvalue weighted by molar-refractivity contribution is -0.167. The molecule has 0 aliphatic carbocycles. The van der Waals surface area contributed by atoms with Gasteiger partial charge in [0.05, 0.1) is 0 Å². The Labute approximate surface area is 487 Å². The van der Waals surface area contributed by atoms with Crippen molar-refractivity contribution < 1.29 is 28.6 Å². The van der Waals surface area contributed by atoms with Crippen LogP contribution < -0.4 is 0 Å². The molecule has 0 fully saturated rings. The fraction of sp³-hybridized carbons (Fsp3) is 0.658. The molecule has 0 rings (SSSR count). The molecule has 0 aromatic carbocycles. The van der Waals surface area contributed by atoms with Crippen LogP contribution in [0.1, 0.15) is 290 Å². The van der Waals surface area contributed by atoms with Crippen molar-refractivity contribution in [3.8, 4) is 0 Å². The van der Waals surface area contributed by atoms with E-state index in [0.717, 1.165) is 109 Å². The minimum Gasteiger partial charge on any atom is -0.462 e. The molecule has 0 spiro atoms. The van der Waals surface area contributed by atoms with Crippen molar-refractivity contribution in [1.29, 1.82) is 0 Å². The molecule has 0 radical (unpaired) electrons. The Kier molecular flexibility index (Phi) is 62.3. The maximum atomic E-state index is 12.9. The summed E-state index contributed by atoms with van der Waals surface area (Å²) in [6, 6.07) is 0. The number of allylic oxidation sites excluding steroid dienone is 22. The van der Waals surface area contributed by atoms with Crippen molar-refractivity contribution in [2.75, 3.05) is 13.2 Å². The number of carbonyl (C=O) groups excluding carboxylic acids is 3. The summed E-state index contributed by atoms with van der Waals surface area (Å²) in [6.45, 7) is 6.47. The zero-order valence-corrected chi connectivity index (χ0v) is 51.3. The summed E-state index contributed by atoms with van der Waals surface area (Å²) in [5.41, 5.74) is 0. The molecule has 1 atom stereocenters. The molecule has 0 heterocycles. The van der Waals surface area contributed by atoms with Gasteiger partial charge in [0, 0.05) is 19.3 Å². The van der Waals surface area contributed by atoms with E-state index in [2.05, 4.69) is 154 Å². The minimum absolute atomic E-state index is 0.0989. The van der Waals surface area contributed by atoms with Crippen molar-refractivity contribution in [3.05, 3.63) is 134 Å². The Morgan fingerprint density at radius 3 is 0.823 bits per heavy atom. The van der Waals surface area contributed by atoms with E-state index in [4.69, 9.17) is 14.2 Å². The van der Waals surface area contributed by atoms with Crippen molar-refractivity contribution >= 4 is 17.9 Å². The molecule has 0 aliphatic rings. The molecule has 6 heteroatoms. The van der Waals surface area contributed by atoms with Crippen LogP contribution in [0, 0.1) is 0 Å². The van der Waals surface area contributed by atoms with Crippen molar-refractivity contribution in [1.82, 2.24) is 0 Å². The molecule has 0 aromatic heterocycles. The maximum Gasteiger partial charge on any atom is 0.306 e. The molecular formula is C73H120O6. The monoisotopic (exact) mass is 1090 g/mol. The zero-order valence-electron chi connectivity index (χ0n) is 51.3. The summed E-state index contributed by atoms with van der Waals surface area (Å²) in [7, 11) is 0. The van der Waals surface area contributed by atoms with E-state index < -0.39 is 6.10 Å². The number of esters is 3. The first-order valence-corrected chi connectivity index (χ1v) is 32.7. The fourth-order valence-corrected chi connectivity index (χ4v) is 8.77. The highest BCUT2D eigenvalue weighted by atomic mass is 16.6. The van der Waals surface area contributed by atoms with E-state index in [-0.39, 0.29) is 37.5 Å². The fourth-order valence-electron chi connectivity index (χ4n) is 8.77. The molecule has 1 unspecified atom stereocenters. The Morgan fingerprint density at radius 1 is 0.266 bits per heavy atom. The van der Waals surface area contributed by atoms with E-state index >= 15 is 0 Å². The molecule has 0 saturated carbocycles. The SMILES string of the molecule is CC/C=C\C/C=C\C/C=C\C/C=C\C/C=C\C/C=C\C/C=C\C/C=C\C/C=C\CCCC(=O)OCC(COC(=O)CCCCCCCCCCCCC)OC(=O)CCCCCCCCCCC/C=C\C/C=C\CCCCCCC. The molecule has 0 aromatic rings. The van der Waals surface area contributed by atoms with Gasteiger partial charge >= 0.3 is 17.9 Å². The van der Waals surface area contributed by atoms with E-state index in [1.54, 1.807) is 0 Å². The molecule has 0 saturated heterocycles. The third-order valence-electron chi connectivity index (χ3n) is 13.6. The maximum absolute atomic E-state index is 12.9. The largest absolute Gasteiger partial charge is 0.462 e. The lowest BCUT2D eigenvalue weighted by Crippen LogP contribution is -2.30. The molecule has 79 heavy (non-hydrogen) atoms. The second-order valence-electron chi connectivity index (χ2n) is 21.3. The predicted molar refractivity (Wildman–Crippen MR) is 343 cm³/mol. The molecule has 0 bridgehead atoms. The Balaban J connectivity index is 4.41. The lowest BCUT2D eigenvalue weighted by atomic mass is 10.1. The molecular weight excluding hydrogens is 973 g/mol. The van der Waals surface area contributed by atoms with Gasteiger partial charge in [-0.3, -0.25) is 14.4 Å². The smallest absolute Gasteiger partial charge is 0.306 e. The highest BCUT2D eigenvalue weighted by Crippen LogP contribution is 2.15. The minimum atomic E-state index is -0.807. The van der Waals surface area contributed by atoms with Gasteiger partial charge in [-0.25, -0.2) is 0 Å². The molecule has 0 N–H and O–H groups in total. The van der Waals surface area contributed by atoms with Crippen molar-refractivity contribution in [2.45, 2.75) is 297 Å². The first-order chi connectivity index (χ1) is 39.0. The van der Waals surface area contributed by atoms with Gasteiger partial charge in [-0.2, -0.15) is 0 Å². The summed E-state index contributed by atoms with van der Waals surface area (Å²) in [6.07, 6.45) is 93.2. The molecule has 6 nitrogen and oxygen atoms in total. The summed E-state index contributed by atoms with van der Waals surface area (Å²) >= 11 is 0. The Morgan fingerprint density at radius 2 is 0.506 bits per heavy atom. The Hall–Kier alpha value is -4.45. The van der Waals surface area contributed by atoms with Crippen LogP contribution in [-0.4, -0.2) is 37.2 Å². The average Bonchev–Trinajstić information content (AvgIpc) is 3.45. The lowest BCUT2D eigenvalue weighted by Gasteiger charge is -2.18. The number of ether oxygens (including phenoxy) is 3. The van der Waals surface area contributed by atoms with Gasteiger partial charge in [-0.05, 0) is 116 Å². The van der Waals surface area contributed by atoms with Crippen LogP contribution >= 0.6 is 0 Å². The van der Waals surface area contributed by atoms with Gasteiger partial charge in [-0.1, -0.05) is 289 Å². The van der Waals surface area contributed by atoms with Crippen LogP contribution in [0.5, 0.6) is 0 Å². The molecule has 0 aliphatic heterocycles. The molecule has 0 amide bonds. The van der Waals surface area contributed by atoms with Crippen molar-refractivity contribution in [2.24, 2.45) is 0 Å². The third-order valence-corrected chi connectivity index (χ3v) is 13.6. The van der Waals surface area contributed by atoms with Gasteiger partial charge in [0.15, 0.2) is 6.10 Å². The topological polar surface area (TPSA) is 78.9 Å². The summed E-state index contributed by atoms with van der Waals surface area (Å²) in [5, 5.41) is 0. The van der Waals surface area contributed by atoms with Crippen LogP contribution in [-0.2, 0) is 28.6 Å². The average molecular weight is 1090 g/mol. The van der Waals surface area contributed by atoms with Gasteiger partial charge < -0.3 is 14.2 Å². The summed E-state index contributed by atoms with van der Waals surface area (Å²) in [5.74, 6) is -0.963. The van der Waals surface area contributed by atoms with Crippen LogP contribution in [0.4, 0.5) is 0 Å². The van der Waals surface area contributed by atoms with Crippen LogP contribution in [0.2, 0.25) is 0 Å². The summed E-state index contributed by atoms with van der Waals surface area (Å²) < 4.78 is 16.9. The van der Waals surface area contributed by atoms with Gasteiger partial charge in [-0.15, -0.1) is 0 Å². The standard InChI is InChI=1S/C73H120O6/c1-4-7-10-13-16-19-22-24-26-28-30-32-33-34-35-36-37-38-39-41-42-44-46-48-51-54-57-60-63-66-72(75)78-69-70(68-77-71(74)65-62-59-56-53-50-21-18-15-12-9-6-3)79-73(76)67-64-61-58-55-52-49-47-45-43-40-31-29-27-25-23-20-17-14-11-8-5-2/h7,10,16,19,23-26,29-32,34-35,37-38,41-42,46,48,54,57,70H,4-6,8-9,11-15,17-18,20-22,27-28,33,36,39-40,43-45,47,49-53,55-56,58-69H2,1-3H3/b10-7-,19-16-,25-23-,26-24-,31-29-,32-30-,35-34-,38-37-,42-41-,48-46-,57-54-. The van der Waals surface area contributed by atoms with E-state index in [9.17, 15) is 14.4 Å². The van der Waals surface area contributed by atoms with Gasteiger partial charge in [0.25, 0.3) is 0 Å². The first-order valence-electron chi connectivity index (χ1n) is 32.7. The number of carbonyl (C=O) groups is 3. The van der Waals surface area contributed by atoms with Gasteiger partial charge in [0.1, 0.15) is 13.2 Å². The predicted octanol–water partition coefficient (Wildman–Crippen LogP) is 22.5. The van der Waals surface area contributed by atoms with E-state index in [0.29, 0.717) is 19.3 Å². The third kappa shape index (κ3) is 64.3. The van der Waals surface area contributed by atoms with E-state index in [1.165, 1.54) is 135 Å². The highest BCUT2D eigenvalue weighted by molar-refractivity contribution is 5.71. The second kappa shape index (κ2) is 66.1. The van der Waals surface area contributed by atoms with Crippen molar-refractivity contribution in [3.63, 3.8) is 0 Å². The highest BCUT2D eigenvalue weighted by Gasteiger charge is 2.19. The number of unbranched alkanes of at least 4 members (excludes halogenated alkanes) is 25. The normalized spacial score (nSPS) is 13.0. The number of rotatable bonds is 58. The quantitative estimate of drug-likeness (QED) is 0.0261. The second-order valence-corrected chi connectivity index (χ2v) is 21.3. The first kappa shape index (κ1) is 74.5.